The molecule has 0 bridgehead atoms. The first-order chi connectivity index (χ1) is 11.6. The first kappa shape index (κ1) is 19.7. The van der Waals surface area contributed by atoms with Gasteiger partial charge in [-0.2, -0.15) is 4.31 Å². The SMILES string of the molecule is COc1ccc(S(=O)(=O)N2CCN(CC(=O)NC(C)(C)C)CC2)cc1. The first-order valence-corrected chi connectivity index (χ1v) is 9.73. The van der Waals surface area contributed by atoms with Crippen molar-refractivity contribution in [3.05, 3.63) is 24.3 Å². The van der Waals surface area contributed by atoms with E-state index in [1.807, 2.05) is 25.7 Å². The summed E-state index contributed by atoms with van der Waals surface area (Å²) in [4.78, 5) is 14.2. The molecule has 25 heavy (non-hydrogen) atoms. The summed E-state index contributed by atoms with van der Waals surface area (Å²) in [6.07, 6.45) is 0. The molecule has 8 heteroatoms. The van der Waals surface area contributed by atoms with Gasteiger partial charge in [0.25, 0.3) is 0 Å². The predicted molar refractivity (Wildman–Crippen MR) is 96.1 cm³/mol. The number of hydrogen-bond donors (Lipinski definition) is 1. The summed E-state index contributed by atoms with van der Waals surface area (Å²) in [6.45, 7) is 7.90. The molecule has 1 N–H and O–H groups in total. The van der Waals surface area contributed by atoms with Crippen LogP contribution in [0, 0.1) is 0 Å². The molecule has 0 unspecified atom stereocenters. The summed E-state index contributed by atoms with van der Waals surface area (Å²) in [5.74, 6) is 0.576. The summed E-state index contributed by atoms with van der Waals surface area (Å²) in [6, 6.07) is 6.38. The Hall–Kier alpha value is -1.64. The average Bonchev–Trinajstić information content (AvgIpc) is 2.53. The van der Waals surface area contributed by atoms with Crippen molar-refractivity contribution >= 4 is 15.9 Å². The summed E-state index contributed by atoms with van der Waals surface area (Å²) >= 11 is 0. The van der Waals surface area contributed by atoms with Crippen molar-refractivity contribution in [1.29, 1.82) is 0 Å². The number of piperazine rings is 1. The molecule has 2 rings (SSSR count). The molecule has 1 heterocycles. The van der Waals surface area contributed by atoms with Gasteiger partial charge in [0.05, 0.1) is 18.6 Å². The zero-order valence-electron chi connectivity index (χ0n) is 15.3. The maximum absolute atomic E-state index is 12.7. The van der Waals surface area contributed by atoms with Gasteiger partial charge < -0.3 is 10.1 Å². The molecule has 0 spiro atoms. The minimum absolute atomic E-state index is 0.0426. The molecule has 7 nitrogen and oxygen atoms in total. The van der Waals surface area contributed by atoms with Crippen LogP contribution >= 0.6 is 0 Å². The fourth-order valence-corrected chi connectivity index (χ4v) is 4.11. The molecule has 1 aromatic carbocycles. The Kier molecular flexibility index (Phi) is 6.08. The molecule has 1 amide bonds. The number of carbonyl (C=O) groups excluding carboxylic acids is 1. The Morgan fingerprint density at radius 3 is 2.16 bits per heavy atom. The van der Waals surface area contributed by atoms with Gasteiger partial charge in [-0.05, 0) is 45.0 Å². The van der Waals surface area contributed by atoms with Crippen LogP contribution in [0.5, 0.6) is 5.75 Å². The van der Waals surface area contributed by atoms with Crippen LogP contribution in [0.25, 0.3) is 0 Å². The second kappa shape index (κ2) is 7.72. The van der Waals surface area contributed by atoms with Gasteiger partial charge in [0.2, 0.25) is 15.9 Å². The molecule has 1 aromatic rings. The number of sulfonamides is 1. The zero-order valence-corrected chi connectivity index (χ0v) is 16.1. The van der Waals surface area contributed by atoms with Crippen LogP contribution in [0.3, 0.4) is 0 Å². The van der Waals surface area contributed by atoms with E-state index in [0.717, 1.165) is 0 Å². The second-order valence-corrected chi connectivity index (χ2v) is 9.09. The maximum Gasteiger partial charge on any atom is 0.243 e. The van der Waals surface area contributed by atoms with Crippen LogP contribution in [0.15, 0.2) is 29.2 Å². The van der Waals surface area contributed by atoms with Crippen molar-refractivity contribution in [2.75, 3.05) is 39.8 Å². The van der Waals surface area contributed by atoms with Gasteiger partial charge in [-0.1, -0.05) is 0 Å². The lowest BCUT2D eigenvalue weighted by atomic mass is 10.1. The predicted octanol–water partition coefficient (Wildman–Crippen LogP) is 0.916. The second-order valence-electron chi connectivity index (χ2n) is 7.15. The first-order valence-electron chi connectivity index (χ1n) is 8.29. The monoisotopic (exact) mass is 369 g/mol. The largest absolute Gasteiger partial charge is 0.497 e. The number of benzene rings is 1. The van der Waals surface area contributed by atoms with Crippen LogP contribution < -0.4 is 10.1 Å². The van der Waals surface area contributed by atoms with Crippen LogP contribution in [-0.4, -0.2) is 68.9 Å². The standard InChI is InChI=1S/C17H27N3O4S/c1-17(2,3)18-16(21)13-19-9-11-20(12-10-19)25(22,23)15-7-5-14(24-4)6-8-15/h5-8H,9-13H2,1-4H3,(H,18,21). The molecule has 1 saturated heterocycles. The third-order valence-corrected chi connectivity index (χ3v) is 5.82. The van der Waals surface area contributed by atoms with E-state index in [-0.39, 0.29) is 22.9 Å². The highest BCUT2D eigenvalue weighted by Gasteiger charge is 2.29. The van der Waals surface area contributed by atoms with E-state index in [2.05, 4.69) is 5.32 Å². The van der Waals surface area contributed by atoms with E-state index in [1.165, 1.54) is 4.31 Å². The van der Waals surface area contributed by atoms with Crippen molar-refractivity contribution < 1.29 is 17.9 Å². The molecule has 0 aromatic heterocycles. The summed E-state index contributed by atoms with van der Waals surface area (Å²) in [7, 11) is -1.98. The number of rotatable bonds is 5. The van der Waals surface area contributed by atoms with Crippen molar-refractivity contribution in [3.8, 4) is 5.75 Å². The van der Waals surface area contributed by atoms with Crippen LogP contribution in [0.1, 0.15) is 20.8 Å². The molecule has 1 aliphatic rings. The van der Waals surface area contributed by atoms with Gasteiger partial charge in [0, 0.05) is 31.7 Å². The number of nitrogens with zero attached hydrogens (tertiary/aromatic N) is 2. The van der Waals surface area contributed by atoms with E-state index in [4.69, 9.17) is 4.74 Å². The molecule has 1 aliphatic heterocycles. The smallest absolute Gasteiger partial charge is 0.243 e. The lowest BCUT2D eigenvalue weighted by molar-refractivity contribution is -0.123. The Bertz CT molecular complexity index is 688. The van der Waals surface area contributed by atoms with Crippen molar-refractivity contribution in [2.45, 2.75) is 31.2 Å². The van der Waals surface area contributed by atoms with Crippen LogP contribution in [0.4, 0.5) is 0 Å². The number of nitrogens with one attached hydrogen (secondary N) is 1. The summed E-state index contributed by atoms with van der Waals surface area (Å²) in [5.41, 5.74) is -0.267. The van der Waals surface area contributed by atoms with Gasteiger partial charge in [0.15, 0.2) is 0 Å². The molecule has 0 saturated carbocycles. The van der Waals surface area contributed by atoms with Crippen molar-refractivity contribution in [3.63, 3.8) is 0 Å². The quantitative estimate of drug-likeness (QED) is 0.835. The number of carbonyl (C=O) groups is 1. The summed E-state index contributed by atoms with van der Waals surface area (Å²) < 4.78 is 31.9. The molecule has 1 fully saturated rings. The molecule has 0 aliphatic carbocycles. The molecule has 0 atom stereocenters. The Labute approximate surface area is 150 Å². The number of methoxy groups -OCH3 is 1. The molecular formula is C17H27N3O4S. The highest BCUT2D eigenvalue weighted by molar-refractivity contribution is 7.89. The number of ether oxygens (including phenoxy) is 1. The Balaban J connectivity index is 1.93. The van der Waals surface area contributed by atoms with Crippen molar-refractivity contribution in [1.82, 2.24) is 14.5 Å². The van der Waals surface area contributed by atoms with Gasteiger partial charge >= 0.3 is 0 Å². The van der Waals surface area contributed by atoms with Gasteiger partial charge in [-0.15, -0.1) is 0 Å². The normalized spacial score (nSPS) is 17.3. The Morgan fingerprint density at radius 2 is 1.68 bits per heavy atom. The highest BCUT2D eigenvalue weighted by Crippen LogP contribution is 2.20. The van der Waals surface area contributed by atoms with E-state index < -0.39 is 10.0 Å². The topological polar surface area (TPSA) is 79.0 Å². The van der Waals surface area contributed by atoms with Gasteiger partial charge in [-0.25, -0.2) is 8.42 Å². The average molecular weight is 369 g/mol. The van der Waals surface area contributed by atoms with Gasteiger partial charge in [0.1, 0.15) is 5.75 Å². The minimum atomic E-state index is -3.52. The fraction of sp³-hybridized carbons (Fsp3) is 0.588. The summed E-state index contributed by atoms with van der Waals surface area (Å²) in [5, 5.41) is 2.92. The van der Waals surface area contributed by atoms with E-state index in [1.54, 1.807) is 31.4 Å². The fourth-order valence-electron chi connectivity index (χ4n) is 2.69. The zero-order chi connectivity index (χ0) is 18.7. The maximum atomic E-state index is 12.7. The lowest BCUT2D eigenvalue weighted by Crippen LogP contribution is -2.52. The highest BCUT2D eigenvalue weighted by atomic mass is 32.2. The third-order valence-electron chi connectivity index (χ3n) is 3.91. The minimum Gasteiger partial charge on any atom is -0.497 e. The molecular weight excluding hydrogens is 342 g/mol. The van der Waals surface area contributed by atoms with Crippen LogP contribution in [0.2, 0.25) is 0 Å². The van der Waals surface area contributed by atoms with E-state index >= 15 is 0 Å². The number of hydrogen-bond acceptors (Lipinski definition) is 5. The molecule has 0 radical (unpaired) electrons. The third kappa shape index (κ3) is 5.42. The van der Waals surface area contributed by atoms with Crippen molar-refractivity contribution in [2.24, 2.45) is 0 Å². The lowest BCUT2D eigenvalue weighted by Gasteiger charge is -2.34. The van der Waals surface area contributed by atoms with Crippen LogP contribution in [-0.2, 0) is 14.8 Å². The molecule has 140 valence electrons. The Morgan fingerprint density at radius 1 is 1.12 bits per heavy atom. The van der Waals surface area contributed by atoms with E-state index in [9.17, 15) is 13.2 Å². The number of amides is 1. The van der Waals surface area contributed by atoms with E-state index in [0.29, 0.717) is 31.9 Å². The van der Waals surface area contributed by atoms with Gasteiger partial charge in [-0.3, -0.25) is 9.69 Å².